The van der Waals surface area contributed by atoms with Gasteiger partial charge in [-0.2, -0.15) is 0 Å². The Morgan fingerprint density at radius 1 is 1.27 bits per heavy atom. The minimum Gasteiger partial charge on any atom is -0.491 e. The van der Waals surface area contributed by atoms with Crippen LogP contribution in [0.15, 0.2) is 33.5 Å². The summed E-state index contributed by atoms with van der Waals surface area (Å²) in [5.74, 6) is 0.668. The van der Waals surface area contributed by atoms with Gasteiger partial charge in [0.1, 0.15) is 17.9 Å². The van der Waals surface area contributed by atoms with Gasteiger partial charge in [-0.1, -0.05) is 0 Å². The van der Waals surface area contributed by atoms with Gasteiger partial charge in [-0.15, -0.1) is 0 Å². The second-order valence-electron chi connectivity index (χ2n) is 5.46. The molecular formula is C17H20O5. The van der Waals surface area contributed by atoms with Crippen molar-refractivity contribution in [2.45, 2.75) is 25.9 Å². The fourth-order valence-electron chi connectivity index (χ4n) is 2.60. The Hall–Kier alpha value is -1.85. The Labute approximate surface area is 128 Å². The van der Waals surface area contributed by atoms with Crippen LogP contribution in [0.2, 0.25) is 0 Å². The Balaban J connectivity index is 1.52. The van der Waals surface area contributed by atoms with Gasteiger partial charge in [0.2, 0.25) is 0 Å². The maximum absolute atomic E-state index is 11.4. The second kappa shape index (κ2) is 6.94. The number of rotatable bonds is 6. The Bertz CT molecular complexity index is 685. The molecule has 1 unspecified atom stereocenters. The molecule has 1 aromatic heterocycles. The molecule has 1 saturated heterocycles. The van der Waals surface area contributed by atoms with Crippen molar-refractivity contribution in [3.8, 4) is 5.75 Å². The van der Waals surface area contributed by atoms with Crippen LogP contribution in [0.25, 0.3) is 11.0 Å². The molecule has 118 valence electrons. The molecule has 0 saturated carbocycles. The minimum absolute atomic E-state index is 0.234. The predicted molar refractivity (Wildman–Crippen MR) is 82.5 cm³/mol. The first-order chi connectivity index (χ1) is 10.7. The lowest BCUT2D eigenvalue weighted by Gasteiger charge is -2.11. The first-order valence-electron chi connectivity index (χ1n) is 7.59. The van der Waals surface area contributed by atoms with E-state index in [9.17, 15) is 4.79 Å². The molecule has 1 aliphatic heterocycles. The third-order valence-electron chi connectivity index (χ3n) is 3.75. The molecule has 0 spiro atoms. The van der Waals surface area contributed by atoms with Gasteiger partial charge in [0.05, 0.1) is 19.3 Å². The molecule has 0 aliphatic carbocycles. The van der Waals surface area contributed by atoms with E-state index in [1.165, 1.54) is 6.07 Å². The van der Waals surface area contributed by atoms with E-state index in [-0.39, 0.29) is 11.7 Å². The molecule has 0 bridgehead atoms. The first-order valence-corrected chi connectivity index (χ1v) is 7.59. The Morgan fingerprint density at radius 3 is 3.00 bits per heavy atom. The number of benzene rings is 1. The van der Waals surface area contributed by atoms with Crippen molar-refractivity contribution in [2.75, 3.05) is 26.4 Å². The number of fused-ring (bicyclic) bond motifs is 1. The molecule has 1 aliphatic rings. The monoisotopic (exact) mass is 304 g/mol. The standard InChI is InChI=1S/C17H20O5/c1-12-9-17(18)22-16-10-13(4-5-15(12)16)21-8-7-19-11-14-3-2-6-20-14/h4-5,9-10,14H,2-3,6-8,11H2,1H3. The molecular weight excluding hydrogens is 284 g/mol. The van der Waals surface area contributed by atoms with E-state index in [4.69, 9.17) is 18.6 Å². The van der Waals surface area contributed by atoms with Crippen molar-refractivity contribution >= 4 is 11.0 Å². The zero-order chi connectivity index (χ0) is 15.4. The average molecular weight is 304 g/mol. The molecule has 5 heteroatoms. The summed E-state index contributed by atoms with van der Waals surface area (Å²) in [5.41, 5.74) is 1.10. The van der Waals surface area contributed by atoms with E-state index in [2.05, 4.69) is 0 Å². The van der Waals surface area contributed by atoms with Crippen molar-refractivity contribution < 1.29 is 18.6 Å². The number of hydrogen-bond donors (Lipinski definition) is 0. The van der Waals surface area contributed by atoms with Gasteiger partial charge in [-0.05, 0) is 37.5 Å². The third-order valence-corrected chi connectivity index (χ3v) is 3.75. The van der Waals surface area contributed by atoms with Gasteiger partial charge in [0, 0.05) is 24.1 Å². The van der Waals surface area contributed by atoms with Gasteiger partial charge in [0.25, 0.3) is 0 Å². The maximum atomic E-state index is 11.4. The fourth-order valence-corrected chi connectivity index (χ4v) is 2.60. The summed E-state index contributed by atoms with van der Waals surface area (Å²) in [4.78, 5) is 11.4. The smallest absolute Gasteiger partial charge is 0.336 e. The zero-order valence-electron chi connectivity index (χ0n) is 12.7. The van der Waals surface area contributed by atoms with Gasteiger partial charge in [0.15, 0.2) is 0 Å². The van der Waals surface area contributed by atoms with Crippen LogP contribution >= 0.6 is 0 Å². The molecule has 2 heterocycles. The van der Waals surface area contributed by atoms with E-state index in [1.54, 1.807) is 6.07 Å². The van der Waals surface area contributed by atoms with Crippen molar-refractivity contribution in [1.82, 2.24) is 0 Å². The van der Waals surface area contributed by atoms with Crippen LogP contribution in [0.3, 0.4) is 0 Å². The van der Waals surface area contributed by atoms with Gasteiger partial charge >= 0.3 is 5.63 Å². The SMILES string of the molecule is Cc1cc(=O)oc2cc(OCCOCC3CCCO3)ccc12. The van der Waals surface area contributed by atoms with Crippen molar-refractivity contribution in [3.63, 3.8) is 0 Å². The van der Waals surface area contributed by atoms with E-state index >= 15 is 0 Å². The van der Waals surface area contributed by atoms with Gasteiger partial charge < -0.3 is 18.6 Å². The second-order valence-corrected chi connectivity index (χ2v) is 5.46. The Kier molecular flexibility index (Phi) is 4.75. The summed E-state index contributed by atoms with van der Waals surface area (Å²) in [6, 6.07) is 7.00. The quantitative estimate of drug-likeness (QED) is 0.606. The lowest BCUT2D eigenvalue weighted by Crippen LogP contribution is -2.17. The zero-order valence-corrected chi connectivity index (χ0v) is 12.7. The average Bonchev–Trinajstić information content (AvgIpc) is 2.99. The predicted octanol–water partition coefficient (Wildman–Crippen LogP) is 2.68. The normalized spacial score (nSPS) is 18.0. The molecule has 0 amide bonds. The highest BCUT2D eigenvalue weighted by Gasteiger charge is 2.15. The van der Waals surface area contributed by atoms with Crippen molar-refractivity contribution in [1.29, 1.82) is 0 Å². The first kappa shape index (κ1) is 15.1. The lowest BCUT2D eigenvalue weighted by molar-refractivity contribution is 0.00854. The molecule has 0 radical (unpaired) electrons. The van der Waals surface area contributed by atoms with Crippen LogP contribution in [-0.4, -0.2) is 32.5 Å². The van der Waals surface area contributed by atoms with E-state index < -0.39 is 0 Å². The minimum atomic E-state index is -0.345. The van der Waals surface area contributed by atoms with Crippen molar-refractivity contribution in [2.24, 2.45) is 0 Å². The Morgan fingerprint density at radius 2 is 2.18 bits per heavy atom. The van der Waals surface area contributed by atoms with E-state index in [0.717, 1.165) is 30.4 Å². The number of ether oxygens (including phenoxy) is 3. The molecule has 1 fully saturated rings. The van der Waals surface area contributed by atoms with E-state index in [0.29, 0.717) is 31.2 Å². The molecule has 1 atom stereocenters. The maximum Gasteiger partial charge on any atom is 0.336 e. The molecule has 1 aromatic carbocycles. The highest BCUT2D eigenvalue weighted by atomic mass is 16.5. The molecule has 22 heavy (non-hydrogen) atoms. The highest BCUT2D eigenvalue weighted by Crippen LogP contribution is 2.22. The number of aryl methyl sites for hydroxylation is 1. The summed E-state index contributed by atoms with van der Waals surface area (Å²) >= 11 is 0. The molecule has 2 aromatic rings. The summed E-state index contributed by atoms with van der Waals surface area (Å²) in [6.45, 7) is 4.31. The molecule has 5 nitrogen and oxygen atoms in total. The molecule has 0 N–H and O–H groups in total. The van der Waals surface area contributed by atoms with Crippen LogP contribution < -0.4 is 10.4 Å². The summed E-state index contributed by atoms with van der Waals surface area (Å²) in [7, 11) is 0. The van der Waals surface area contributed by atoms with Crippen LogP contribution in [0.4, 0.5) is 0 Å². The topological polar surface area (TPSA) is 57.9 Å². The lowest BCUT2D eigenvalue weighted by atomic mass is 10.1. The fraction of sp³-hybridized carbons (Fsp3) is 0.471. The van der Waals surface area contributed by atoms with Crippen LogP contribution in [0, 0.1) is 6.92 Å². The summed E-state index contributed by atoms with van der Waals surface area (Å²) in [6.07, 6.45) is 2.42. The van der Waals surface area contributed by atoms with Gasteiger partial charge in [-0.3, -0.25) is 0 Å². The van der Waals surface area contributed by atoms with Crippen molar-refractivity contribution in [3.05, 3.63) is 40.2 Å². The highest BCUT2D eigenvalue weighted by molar-refractivity contribution is 5.81. The van der Waals surface area contributed by atoms with Crippen LogP contribution in [0.5, 0.6) is 5.75 Å². The van der Waals surface area contributed by atoms with Crippen LogP contribution in [0.1, 0.15) is 18.4 Å². The summed E-state index contributed by atoms with van der Waals surface area (Å²) in [5, 5.41) is 0.918. The van der Waals surface area contributed by atoms with Crippen LogP contribution in [-0.2, 0) is 9.47 Å². The largest absolute Gasteiger partial charge is 0.491 e. The summed E-state index contributed by atoms with van der Waals surface area (Å²) < 4.78 is 21.8. The molecule has 3 rings (SSSR count). The van der Waals surface area contributed by atoms with Gasteiger partial charge in [-0.25, -0.2) is 4.79 Å². The third kappa shape index (κ3) is 3.67. The number of hydrogen-bond acceptors (Lipinski definition) is 5. The van der Waals surface area contributed by atoms with E-state index in [1.807, 2.05) is 19.1 Å².